The normalized spacial score (nSPS) is 10.5. The molecule has 0 amide bonds. The van der Waals surface area contributed by atoms with Crippen LogP contribution in [0.2, 0.25) is 0 Å². The van der Waals surface area contributed by atoms with Crippen molar-refractivity contribution in [2.75, 3.05) is 0 Å². The number of benzene rings is 1. The van der Waals surface area contributed by atoms with Crippen molar-refractivity contribution >= 4 is 18.8 Å². The third-order valence-corrected chi connectivity index (χ3v) is 1.35. The molecule has 0 saturated carbocycles. The molecule has 0 aromatic heterocycles. The first kappa shape index (κ1) is 6.58. The van der Waals surface area contributed by atoms with E-state index in [2.05, 4.69) is 0 Å². The molecule has 1 aromatic carbocycles. The third-order valence-electron chi connectivity index (χ3n) is 1.35. The van der Waals surface area contributed by atoms with Crippen molar-refractivity contribution in [3.63, 3.8) is 0 Å². The average molecular weight is 151 g/mol. The van der Waals surface area contributed by atoms with Gasteiger partial charge in [-0.3, -0.25) is 4.79 Å². The van der Waals surface area contributed by atoms with Gasteiger partial charge in [0.25, 0.3) is 0 Å². The first-order valence-corrected chi connectivity index (χ1v) is 3.09. The Balaban J connectivity index is 3.17. The number of aldehydes is 1. The van der Waals surface area contributed by atoms with Crippen molar-refractivity contribution in [1.29, 1.82) is 0 Å². The monoisotopic (exact) mass is 151 g/mol. The van der Waals surface area contributed by atoms with E-state index in [1.165, 1.54) is 12.1 Å². The van der Waals surface area contributed by atoms with Crippen LogP contribution in [0, 0.1) is 0 Å². The molecule has 56 valence electrons. The predicted octanol–water partition coefficient (Wildman–Crippen LogP) is -0.821. The summed E-state index contributed by atoms with van der Waals surface area (Å²) in [5.41, 5.74) is 0.0880. The average Bonchev–Trinajstić information content (AvgIpc) is 2.04. The Morgan fingerprint density at radius 2 is 2.09 bits per heavy atom. The van der Waals surface area contributed by atoms with E-state index >= 15 is 0 Å². The summed E-state index contributed by atoms with van der Waals surface area (Å²) in [4.78, 5) is 10.6. The Hall–Kier alpha value is -1.13. The maximum atomic E-state index is 10.6. The number of hydrogen-bond acceptors (Lipinski definition) is 3. The van der Waals surface area contributed by atoms with Gasteiger partial charge in [0.15, 0.2) is 0 Å². The van der Waals surface area contributed by atoms with Gasteiger partial charge in [-0.2, -0.15) is 0 Å². The molecule has 0 fully saturated rings. The number of rotatable bonds is 2. The highest BCUT2D eigenvalue weighted by atomic mass is 16.4. The first-order valence-electron chi connectivity index (χ1n) is 3.59. The van der Waals surface area contributed by atoms with E-state index in [0.717, 1.165) is 0 Å². The van der Waals surface area contributed by atoms with Crippen molar-refractivity contribution in [3.05, 3.63) is 29.8 Å². The van der Waals surface area contributed by atoms with Crippen molar-refractivity contribution < 1.29 is 16.2 Å². The molecule has 0 radical (unpaired) electrons. The van der Waals surface area contributed by atoms with Crippen LogP contribution in [0.25, 0.3) is 0 Å². The molecule has 0 bridgehead atoms. The van der Waals surface area contributed by atoms with Crippen molar-refractivity contribution in [3.8, 4) is 0 Å². The van der Waals surface area contributed by atoms with Crippen LogP contribution in [0.5, 0.6) is 0 Å². The van der Waals surface area contributed by atoms with Gasteiger partial charge < -0.3 is 10.0 Å². The number of carbonyl (C=O) groups excluding carboxylic acids is 1. The van der Waals surface area contributed by atoms with E-state index in [1.54, 1.807) is 12.1 Å². The second-order valence-corrected chi connectivity index (χ2v) is 2.06. The van der Waals surface area contributed by atoms with Gasteiger partial charge in [0.05, 0.1) is 0 Å². The van der Waals surface area contributed by atoms with Crippen LogP contribution in [0.1, 0.15) is 11.7 Å². The van der Waals surface area contributed by atoms with Gasteiger partial charge in [-0.05, 0) is 5.46 Å². The van der Waals surface area contributed by atoms with E-state index in [1.807, 2.05) is 0 Å². The summed E-state index contributed by atoms with van der Waals surface area (Å²) in [5.74, 6) is 0. The highest BCUT2D eigenvalue weighted by molar-refractivity contribution is 6.60. The Morgan fingerprint density at radius 1 is 1.45 bits per heavy atom. The quantitative estimate of drug-likeness (QED) is 0.428. The third kappa shape index (κ3) is 1.66. The van der Waals surface area contributed by atoms with E-state index < -0.39 is 13.4 Å². The molecule has 0 aliphatic rings. The van der Waals surface area contributed by atoms with Gasteiger partial charge in [0.1, 0.15) is 7.63 Å². The minimum absolute atomic E-state index is 0.0208. The summed E-state index contributed by atoms with van der Waals surface area (Å²) in [5, 5.41) is 17.5. The summed E-state index contributed by atoms with van der Waals surface area (Å²) in [6.07, 6.45) is -0.918. The molecule has 0 aliphatic heterocycles. The van der Waals surface area contributed by atoms with E-state index in [9.17, 15) is 4.79 Å². The van der Waals surface area contributed by atoms with Crippen LogP contribution in [0.4, 0.5) is 0 Å². The SMILES string of the molecule is [2H]C(=O)c1ccccc1B(O)O. The van der Waals surface area contributed by atoms with Crippen LogP contribution in [-0.4, -0.2) is 23.4 Å². The summed E-state index contributed by atoms with van der Waals surface area (Å²) in [6, 6.07) is 5.91. The highest BCUT2D eigenvalue weighted by Gasteiger charge is 2.13. The fourth-order valence-electron chi connectivity index (χ4n) is 0.815. The van der Waals surface area contributed by atoms with Gasteiger partial charge in [-0.15, -0.1) is 0 Å². The minimum Gasteiger partial charge on any atom is -0.423 e. The van der Waals surface area contributed by atoms with Gasteiger partial charge >= 0.3 is 7.12 Å². The molecular weight excluding hydrogens is 143 g/mol. The molecule has 0 saturated heterocycles. The van der Waals surface area contributed by atoms with Crippen molar-refractivity contribution in [2.24, 2.45) is 0 Å². The Labute approximate surface area is 65.8 Å². The summed E-state index contributed by atoms with van der Waals surface area (Å²) in [7, 11) is -1.70. The zero-order valence-electron chi connectivity index (χ0n) is 6.69. The van der Waals surface area contributed by atoms with Gasteiger partial charge in [-0.1, -0.05) is 24.3 Å². The molecule has 1 aromatic rings. The Kier molecular flexibility index (Phi) is 1.99. The molecule has 0 spiro atoms. The predicted molar refractivity (Wildman–Crippen MR) is 41.7 cm³/mol. The van der Waals surface area contributed by atoms with E-state index in [0.29, 0.717) is 0 Å². The molecule has 3 nitrogen and oxygen atoms in total. The lowest BCUT2D eigenvalue weighted by molar-refractivity contribution is 0.112. The first-order chi connectivity index (χ1) is 5.63. The standard InChI is InChI=1S/C7H7BO3/c9-5-6-3-1-2-4-7(6)8(10)11/h1-5,10-11H/i5D. The lowest BCUT2D eigenvalue weighted by atomic mass is 9.77. The maximum absolute atomic E-state index is 10.6. The molecule has 0 atom stereocenters. The molecule has 4 heteroatoms. The topological polar surface area (TPSA) is 57.5 Å². The van der Waals surface area contributed by atoms with E-state index in [-0.39, 0.29) is 11.0 Å². The van der Waals surface area contributed by atoms with Crippen LogP contribution in [-0.2, 0) is 0 Å². The van der Waals surface area contributed by atoms with Gasteiger partial charge in [0.2, 0.25) is 0 Å². The Morgan fingerprint density at radius 3 is 2.55 bits per heavy atom. The zero-order valence-corrected chi connectivity index (χ0v) is 5.69. The summed E-state index contributed by atoms with van der Waals surface area (Å²) >= 11 is 0. The van der Waals surface area contributed by atoms with Crippen molar-refractivity contribution in [2.45, 2.75) is 0 Å². The smallest absolute Gasteiger partial charge is 0.423 e. The molecule has 1 rings (SSSR count). The Bertz CT molecular complexity index is 300. The second-order valence-electron chi connectivity index (χ2n) is 2.06. The van der Waals surface area contributed by atoms with Crippen LogP contribution >= 0.6 is 0 Å². The molecule has 0 unspecified atom stereocenters. The van der Waals surface area contributed by atoms with Gasteiger partial charge in [-0.25, -0.2) is 0 Å². The van der Waals surface area contributed by atoms with Crippen LogP contribution in [0.15, 0.2) is 24.3 Å². The zero-order chi connectivity index (χ0) is 9.14. The minimum atomic E-state index is -1.70. The molecular formula is C7H7BO3. The lowest BCUT2D eigenvalue weighted by Crippen LogP contribution is -2.32. The highest BCUT2D eigenvalue weighted by Crippen LogP contribution is 1.92. The maximum Gasteiger partial charge on any atom is 0.489 e. The van der Waals surface area contributed by atoms with Crippen LogP contribution < -0.4 is 5.46 Å². The number of carbonyl (C=O) groups is 1. The molecule has 11 heavy (non-hydrogen) atoms. The summed E-state index contributed by atoms with van der Waals surface area (Å²) < 4.78 is 6.79. The second kappa shape index (κ2) is 3.32. The number of hydrogen-bond donors (Lipinski definition) is 2. The largest absolute Gasteiger partial charge is 0.489 e. The molecule has 0 heterocycles. The lowest BCUT2D eigenvalue weighted by Gasteiger charge is -2.00. The molecule has 2 N–H and O–H groups in total. The van der Waals surface area contributed by atoms with Crippen molar-refractivity contribution in [1.82, 2.24) is 0 Å². The summed E-state index contributed by atoms with van der Waals surface area (Å²) in [6.45, 7) is 0. The molecule has 0 aliphatic carbocycles. The van der Waals surface area contributed by atoms with Crippen LogP contribution in [0.3, 0.4) is 0 Å². The fourth-order valence-corrected chi connectivity index (χ4v) is 0.815. The van der Waals surface area contributed by atoms with Gasteiger partial charge in [0, 0.05) is 5.56 Å². The fraction of sp³-hybridized carbons (Fsp3) is 0. The van der Waals surface area contributed by atoms with E-state index in [4.69, 9.17) is 11.4 Å².